The molecule has 0 spiro atoms. The number of amides is 1. The van der Waals surface area contributed by atoms with Crippen LogP contribution in [0.25, 0.3) is 0 Å². The van der Waals surface area contributed by atoms with Gasteiger partial charge in [0.15, 0.2) is 1.41 Å². The lowest BCUT2D eigenvalue weighted by atomic mass is 11.3. The summed E-state index contributed by atoms with van der Waals surface area (Å²) < 4.78 is 10.0. The van der Waals surface area contributed by atoms with Crippen molar-refractivity contribution in [3.63, 3.8) is 0 Å². The monoisotopic (exact) mass is 77.0 g/mol. The molecule has 0 saturated heterocycles. The Labute approximate surface area is 31.2 Å². The molecule has 0 atom stereocenters. The van der Waals surface area contributed by atoms with Crippen molar-refractivity contribution in [2.24, 2.45) is 5.73 Å². The predicted molar refractivity (Wildman–Crippen MR) is 16.6 cm³/mol. The molecule has 0 aromatic rings. The van der Waals surface area contributed by atoms with E-state index in [0.29, 0.717) is 0 Å². The van der Waals surface area contributed by atoms with E-state index in [1.165, 1.54) is 12.8 Å². The number of hydrogen-bond donors (Lipinski definition) is 1. The average Bonchev–Trinajstić information content (AvgIpc) is 1.65. The van der Waals surface area contributed by atoms with Crippen LogP contribution in [0.5, 0.6) is 0 Å². The maximum Gasteiger partial charge on any atom is 0.404 e. The van der Waals surface area contributed by atoms with Crippen molar-refractivity contribution in [1.29, 1.82) is 0 Å². The van der Waals surface area contributed by atoms with Gasteiger partial charge in [0, 0.05) is 0 Å². The van der Waals surface area contributed by atoms with E-state index >= 15 is 0 Å². The van der Waals surface area contributed by atoms with Crippen LogP contribution in [0, 0.1) is 0 Å². The van der Waals surface area contributed by atoms with Crippen LogP contribution in [0.4, 0.5) is 4.79 Å². The van der Waals surface area contributed by atoms with E-state index in [1.807, 2.05) is 0 Å². The molecule has 2 N–H and O–H groups in total. The van der Waals surface area contributed by atoms with Gasteiger partial charge in [-0.3, -0.25) is 0 Å². The molecule has 0 saturated carbocycles. The van der Waals surface area contributed by atoms with Crippen LogP contribution in [0.3, 0.4) is 0 Å². The van der Waals surface area contributed by atoms with Gasteiger partial charge in [0.2, 0.25) is 0 Å². The van der Waals surface area contributed by atoms with Gasteiger partial charge in [-0.15, -0.1) is 0 Å². The van der Waals surface area contributed by atoms with Crippen LogP contribution in [0.1, 0.15) is 0 Å². The summed E-state index contributed by atoms with van der Waals surface area (Å²) in [6, 6.07) is 0. The van der Waals surface area contributed by atoms with Gasteiger partial charge >= 0.3 is 6.09 Å². The van der Waals surface area contributed by atoms with Crippen LogP contribution >= 0.6 is 0 Å². The minimum Gasteiger partial charge on any atom is -0.453 e. The molecule has 0 aliphatic rings. The fourth-order valence-electron chi connectivity index (χ4n) is 0. The van der Waals surface area contributed by atoms with E-state index in [1.54, 1.807) is 0 Å². The van der Waals surface area contributed by atoms with Gasteiger partial charge in [-0.05, 0) is 0 Å². The quantitative estimate of drug-likeness (QED) is 0.432. The molecule has 5 heavy (non-hydrogen) atoms. The molecule has 0 aliphatic carbocycles. The van der Waals surface area contributed by atoms with E-state index in [-0.39, 0.29) is 0 Å². The number of ether oxygens (including phenoxy) is 1. The number of methoxy groups -OCH3 is 1. The maximum absolute atomic E-state index is 9.66. The van der Waals surface area contributed by atoms with E-state index in [0.717, 1.165) is 0 Å². The first kappa shape index (κ1) is 2.50. The molecule has 30 valence electrons. The molecule has 0 fully saturated rings. The highest BCUT2D eigenvalue weighted by atomic mass is 16.5. The highest BCUT2D eigenvalue weighted by Gasteiger charge is 1.76. The SMILES string of the molecule is [3H]NC(=O)OC. The Balaban J connectivity index is 2.99. The van der Waals surface area contributed by atoms with Crippen LogP contribution < -0.4 is 5.73 Å². The van der Waals surface area contributed by atoms with E-state index < -0.39 is 6.09 Å². The summed E-state index contributed by atoms with van der Waals surface area (Å²) in [6.45, 7) is 0. The molecular weight excluding hydrogens is 70.0 g/mol. The zero-order valence-corrected chi connectivity index (χ0v) is 2.82. The fourth-order valence-corrected chi connectivity index (χ4v) is 0. The first-order chi connectivity index (χ1) is 2.81. The molecule has 0 radical (unpaired) electrons. The molecule has 0 heterocycles. The third-order valence-corrected chi connectivity index (χ3v) is 0.185. The summed E-state index contributed by atoms with van der Waals surface area (Å²) in [7, 11) is 1.20. The van der Waals surface area contributed by atoms with Gasteiger partial charge in [0.1, 0.15) is 0 Å². The summed E-state index contributed by atoms with van der Waals surface area (Å²) in [5.74, 6) is 0. The lowest BCUT2D eigenvalue weighted by Crippen LogP contribution is -2.08. The van der Waals surface area contributed by atoms with Crippen molar-refractivity contribution in [3.8, 4) is 0 Å². The fraction of sp³-hybridized carbons (Fsp3) is 0.500. The number of primary amides is 1. The standard InChI is InChI=1S/C2H5NO2/c1-5-2(3)4/h1H3,(H2,3,4)/i/hT. The molecule has 3 nitrogen and oxygen atoms in total. The summed E-state index contributed by atoms with van der Waals surface area (Å²) in [5.41, 5.74) is 1.50. The second-order valence-electron chi connectivity index (χ2n) is 0.492. The third kappa shape index (κ3) is 3.27. The summed E-state index contributed by atoms with van der Waals surface area (Å²) in [5, 5.41) is 0. The molecule has 0 bridgehead atoms. The molecule has 0 unspecified atom stereocenters. The maximum atomic E-state index is 9.66. The topological polar surface area (TPSA) is 52.3 Å². The molecule has 1 amide bonds. The summed E-state index contributed by atoms with van der Waals surface area (Å²) >= 11 is 0. The third-order valence-electron chi connectivity index (χ3n) is 0.185. The van der Waals surface area contributed by atoms with Crippen LogP contribution in [-0.4, -0.2) is 13.2 Å². The lowest BCUT2D eigenvalue weighted by Gasteiger charge is -1.81. The highest BCUT2D eigenvalue weighted by Crippen LogP contribution is 1.55. The van der Waals surface area contributed by atoms with Crippen molar-refractivity contribution in [1.82, 2.24) is 0 Å². The van der Waals surface area contributed by atoms with Gasteiger partial charge in [-0.25, -0.2) is 4.79 Å². The van der Waals surface area contributed by atoms with Gasteiger partial charge in [0.25, 0.3) is 0 Å². The molecule has 0 rings (SSSR count). The van der Waals surface area contributed by atoms with E-state index in [2.05, 4.69) is 4.74 Å². The second-order valence-corrected chi connectivity index (χ2v) is 0.492. The number of carbonyl (C=O) groups excluding carboxylic acids is 1. The predicted octanol–water partition coefficient (Wildman–Crippen LogP) is -0.288. The molecule has 0 aromatic carbocycles. The second kappa shape index (κ2) is 1.58. The van der Waals surface area contributed by atoms with Crippen LogP contribution in [-0.2, 0) is 4.74 Å². The van der Waals surface area contributed by atoms with Crippen LogP contribution in [0.2, 0.25) is 1.41 Å². The van der Waals surface area contributed by atoms with Crippen molar-refractivity contribution in [2.75, 3.05) is 7.11 Å². The van der Waals surface area contributed by atoms with Crippen molar-refractivity contribution >= 4 is 6.09 Å². The van der Waals surface area contributed by atoms with E-state index in [9.17, 15) is 4.79 Å². The van der Waals surface area contributed by atoms with Crippen molar-refractivity contribution in [3.05, 3.63) is 0 Å². The average molecular weight is 77.1 g/mol. The van der Waals surface area contributed by atoms with Gasteiger partial charge < -0.3 is 10.5 Å². The molecular formula is C2H5NO2. The van der Waals surface area contributed by atoms with Gasteiger partial charge in [0.05, 0.1) is 7.11 Å². The highest BCUT2D eigenvalue weighted by molar-refractivity contribution is 5.64. The Kier molecular flexibility index (Phi) is 0.789. The minimum absolute atomic E-state index is 0.741. The summed E-state index contributed by atoms with van der Waals surface area (Å²) in [4.78, 5) is 9.66. The normalized spacial score (nSPS) is 8.60. The number of nitrogens with two attached hydrogens (primary N) is 1. The molecule has 0 aliphatic heterocycles. The number of rotatable bonds is 0. The van der Waals surface area contributed by atoms with Gasteiger partial charge in [-0.1, -0.05) is 0 Å². The molecule has 3 heteroatoms. The van der Waals surface area contributed by atoms with Crippen molar-refractivity contribution in [2.45, 2.75) is 0 Å². The minimum atomic E-state index is -0.741. The van der Waals surface area contributed by atoms with E-state index in [4.69, 9.17) is 1.41 Å². The summed E-state index contributed by atoms with van der Waals surface area (Å²) in [6.07, 6.45) is -0.741. The Morgan fingerprint density at radius 2 is 3.00 bits per heavy atom. The Hall–Kier alpha value is -0.730. The lowest BCUT2D eigenvalue weighted by molar-refractivity contribution is 0.182. The first-order valence-corrected chi connectivity index (χ1v) is 1.07. The smallest absolute Gasteiger partial charge is 0.404 e. The number of carbonyl (C=O) groups is 1. The Morgan fingerprint density at radius 1 is 2.40 bits per heavy atom. The Morgan fingerprint density at radius 3 is 3.00 bits per heavy atom. The zero-order chi connectivity index (χ0) is 4.99. The number of hydrogen-bond acceptors (Lipinski definition) is 2. The van der Waals surface area contributed by atoms with Gasteiger partial charge in [-0.2, -0.15) is 0 Å². The molecule has 0 aromatic heterocycles. The largest absolute Gasteiger partial charge is 0.453 e. The van der Waals surface area contributed by atoms with Crippen LogP contribution in [0.15, 0.2) is 0 Å². The Bertz CT molecular complexity index is 49.5. The zero-order valence-electron chi connectivity index (χ0n) is 3.82. The first-order valence-electron chi connectivity index (χ1n) is 1.57. The van der Waals surface area contributed by atoms with Crippen molar-refractivity contribution < 1.29 is 10.9 Å².